The molecule has 1 aliphatic rings. The molecule has 0 spiro atoms. The van der Waals surface area contributed by atoms with Crippen molar-refractivity contribution in [3.05, 3.63) is 51.4 Å². The summed E-state index contributed by atoms with van der Waals surface area (Å²) in [4.78, 5) is 15.6. The van der Waals surface area contributed by atoms with Gasteiger partial charge in [-0.05, 0) is 29.7 Å². The molecule has 0 aliphatic carbocycles. The second kappa shape index (κ2) is 8.95. The molecule has 152 valence electrons. The first-order valence-corrected chi connectivity index (χ1v) is 11.1. The molecule has 0 fully saturated rings. The zero-order valence-electron chi connectivity index (χ0n) is 15.7. The first-order valence-electron chi connectivity index (χ1n) is 8.49. The minimum Gasteiger partial charge on any atom is -0.468 e. The van der Waals surface area contributed by atoms with Gasteiger partial charge in [0.15, 0.2) is 5.06 Å². The Labute approximate surface area is 172 Å². The number of benzene rings is 1. The van der Waals surface area contributed by atoms with Crippen LogP contribution in [-0.4, -0.2) is 38.7 Å². The largest absolute Gasteiger partial charge is 0.530 e. The van der Waals surface area contributed by atoms with E-state index in [1.807, 2.05) is 23.1 Å². The minimum atomic E-state index is -3.61. The van der Waals surface area contributed by atoms with Crippen molar-refractivity contribution in [2.75, 3.05) is 27.9 Å². The molecule has 1 aliphatic heterocycles. The second-order valence-electron chi connectivity index (χ2n) is 6.09. The lowest BCUT2D eigenvalue weighted by molar-refractivity contribution is -0.147. The Balaban J connectivity index is 1.86. The maximum absolute atomic E-state index is 12.5. The highest BCUT2D eigenvalue weighted by Gasteiger charge is 2.34. The Morgan fingerprint density at radius 2 is 1.96 bits per heavy atom. The molecule has 0 saturated heterocycles. The fourth-order valence-corrected chi connectivity index (χ4v) is 5.26. The average molecular weight is 446 g/mol. The van der Waals surface area contributed by atoms with Gasteiger partial charge < -0.3 is 9.26 Å². The number of phosphoric acid groups is 1. The summed E-state index contributed by atoms with van der Waals surface area (Å²) in [6.45, 7) is 1.15. The van der Waals surface area contributed by atoms with Crippen molar-refractivity contribution in [1.82, 2.24) is 4.90 Å². The SMILES string of the molecule is COC(=O)[C@H](c1ccccc1Cl)N1CCc2sc(OP(=O)(OC)OC)cc2C1. The molecule has 1 aromatic heterocycles. The van der Waals surface area contributed by atoms with Crippen LogP contribution >= 0.6 is 30.8 Å². The molecular weight excluding hydrogens is 425 g/mol. The molecule has 1 atom stereocenters. The number of hydrogen-bond acceptors (Lipinski definition) is 8. The number of nitrogens with zero attached hydrogens (tertiary/aromatic N) is 1. The van der Waals surface area contributed by atoms with E-state index in [4.69, 9.17) is 29.9 Å². The topological polar surface area (TPSA) is 74.3 Å². The van der Waals surface area contributed by atoms with Crippen molar-refractivity contribution in [3.63, 3.8) is 0 Å². The number of methoxy groups -OCH3 is 1. The Morgan fingerprint density at radius 3 is 2.61 bits per heavy atom. The number of phosphoric ester groups is 1. The highest BCUT2D eigenvalue weighted by Crippen LogP contribution is 2.50. The van der Waals surface area contributed by atoms with Crippen molar-refractivity contribution >= 4 is 36.7 Å². The lowest BCUT2D eigenvalue weighted by Crippen LogP contribution is -2.38. The maximum Gasteiger partial charge on any atom is 0.530 e. The molecule has 0 unspecified atom stereocenters. The highest BCUT2D eigenvalue weighted by atomic mass is 35.5. The molecule has 7 nitrogen and oxygen atoms in total. The van der Waals surface area contributed by atoms with Gasteiger partial charge in [-0.2, -0.15) is 0 Å². The molecule has 0 bridgehead atoms. The standard InChI is InChI=1S/C18H21ClNO6PS/c1-23-18(21)17(13-6-4-5-7-14(13)19)20-9-8-15-12(11-20)10-16(28-15)26-27(22,24-2)25-3/h4-7,10,17H,8-9,11H2,1-3H3/t17-/m0/s1. The van der Waals surface area contributed by atoms with Crippen LogP contribution < -0.4 is 4.52 Å². The van der Waals surface area contributed by atoms with Gasteiger partial charge in [0.1, 0.15) is 6.04 Å². The van der Waals surface area contributed by atoms with Crippen LogP contribution in [0.1, 0.15) is 22.0 Å². The van der Waals surface area contributed by atoms with Gasteiger partial charge in [-0.25, -0.2) is 9.36 Å². The Hall–Kier alpha value is -1.41. The first-order chi connectivity index (χ1) is 13.4. The molecule has 0 N–H and O–H groups in total. The zero-order valence-corrected chi connectivity index (χ0v) is 18.2. The second-order valence-corrected chi connectivity index (χ2v) is 9.40. The summed E-state index contributed by atoms with van der Waals surface area (Å²) in [6.07, 6.45) is 0.714. The molecule has 2 aromatic rings. The number of carbonyl (C=O) groups is 1. The van der Waals surface area contributed by atoms with Gasteiger partial charge >= 0.3 is 13.8 Å². The van der Waals surface area contributed by atoms with Crippen LogP contribution in [0.3, 0.4) is 0 Å². The predicted molar refractivity (Wildman–Crippen MR) is 107 cm³/mol. The zero-order chi connectivity index (χ0) is 20.3. The number of ether oxygens (including phenoxy) is 1. The van der Waals surface area contributed by atoms with Gasteiger partial charge in [0.05, 0.1) is 7.11 Å². The van der Waals surface area contributed by atoms with Crippen molar-refractivity contribution in [2.24, 2.45) is 0 Å². The van der Waals surface area contributed by atoms with Crippen LogP contribution in [0.15, 0.2) is 30.3 Å². The van der Waals surface area contributed by atoms with Gasteiger partial charge in [-0.15, -0.1) is 11.3 Å². The Morgan fingerprint density at radius 1 is 1.25 bits per heavy atom. The Bertz CT molecular complexity index is 896. The van der Waals surface area contributed by atoms with Crippen LogP contribution in [0, 0.1) is 0 Å². The number of halogens is 1. The van der Waals surface area contributed by atoms with Crippen LogP contribution in [0.5, 0.6) is 5.06 Å². The van der Waals surface area contributed by atoms with Crippen molar-refractivity contribution in [1.29, 1.82) is 0 Å². The molecule has 0 amide bonds. The van der Waals surface area contributed by atoms with Gasteiger partial charge in [-0.3, -0.25) is 13.9 Å². The molecule has 10 heteroatoms. The third kappa shape index (κ3) is 4.43. The average Bonchev–Trinajstić information content (AvgIpc) is 3.10. The fourth-order valence-electron chi connectivity index (χ4n) is 3.13. The Kier molecular flexibility index (Phi) is 6.81. The van der Waals surface area contributed by atoms with E-state index in [-0.39, 0.29) is 5.97 Å². The van der Waals surface area contributed by atoms with Gasteiger partial charge in [-0.1, -0.05) is 29.8 Å². The monoisotopic (exact) mass is 445 g/mol. The molecule has 28 heavy (non-hydrogen) atoms. The number of esters is 1. The smallest absolute Gasteiger partial charge is 0.468 e. The van der Waals surface area contributed by atoms with Crippen molar-refractivity contribution in [3.8, 4) is 5.06 Å². The lowest BCUT2D eigenvalue weighted by atomic mass is 10.0. The predicted octanol–water partition coefficient (Wildman–Crippen LogP) is 4.45. The van der Waals surface area contributed by atoms with Gasteiger partial charge in [0, 0.05) is 37.2 Å². The molecule has 3 rings (SSSR count). The van der Waals surface area contributed by atoms with E-state index in [0.29, 0.717) is 35.2 Å². The van der Waals surface area contributed by atoms with E-state index in [1.165, 1.54) is 32.7 Å². The molecular formula is C18H21ClNO6PS. The summed E-state index contributed by atoms with van der Waals surface area (Å²) in [5, 5.41) is 0.963. The summed E-state index contributed by atoms with van der Waals surface area (Å²) in [6, 6.07) is 8.44. The van der Waals surface area contributed by atoms with E-state index in [2.05, 4.69) is 0 Å². The quantitative estimate of drug-likeness (QED) is 0.460. The van der Waals surface area contributed by atoms with E-state index >= 15 is 0 Å². The van der Waals surface area contributed by atoms with Crippen LogP contribution in [0.4, 0.5) is 0 Å². The van der Waals surface area contributed by atoms with Gasteiger partial charge in [0.25, 0.3) is 0 Å². The third-order valence-corrected chi connectivity index (χ3v) is 7.41. The summed E-state index contributed by atoms with van der Waals surface area (Å²) < 4.78 is 32.3. The summed E-state index contributed by atoms with van der Waals surface area (Å²) in [7, 11) is 0.288. The number of thiophene rings is 1. The van der Waals surface area contributed by atoms with E-state index < -0.39 is 13.9 Å². The summed E-state index contributed by atoms with van der Waals surface area (Å²) in [5.74, 6) is -0.369. The molecule has 2 heterocycles. The summed E-state index contributed by atoms with van der Waals surface area (Å²) >= 11 is 7.73. The normalized spacial score (nSPS) is 15.7. The minimum absolute atomic E-state index is 0.369. The lowest BCUT2D eigenvalue weighted by Gasteiger charge is -2.33. The number of fused-ring (bicyclic) bond motifs is 1. The van der Waals surface area contributed by atoms with Crippen LogP contribution in [0.2, 0.25) is 5.02 Å². The number of rotatable bonds is 7. The van der Waals surface area contributed by atoms with E-state index in [0.717, 1.165) is 10.4 Å². The van der Waals surface area contributed by atoms with E-state index in [1.54, 1.807) is 12.1 Å². The molecule has 0 radical (unpaired) electrons. The molecule has 1 aromatic carbocycles. The highest BCUT2D eigenvalue weighted by molar-refractivity contribution is 7.49. The van der Waals surface area contributed by atoms with Crippen LogP contribution in [-0.2, 0) is 36.1 Å². The van der Waals surface area contributed by atoms with Crippen molar-refractivity contribution < 1.29 is 27.7 Å². The summed E-state index contributed by atoms with van der Waals surface area (Å²) in [5.41, 5.74) is 1.69. The van der Waals surface area contributed by atoms with E-state index in [9.17, 15) is 9.36 Å². The van der Waals surface area contributed by atoms with Crippen LogP contribution in [0.25, 0.3) is 0 Å². The fraction of sp³-hybridized carbons (Fsp3) is 0.389. The molecule has 0 saturated carbocycles. The first kappa shape index (κ1) is 21.3. The van der Waals surface area contributed by atoms with Gasteiger partial charge in [0.2, 0.25) is 0 Å². The van der Waals surface area contributed by atoms with Crippen molar-refractivity contribution in [2.45, 2.75) is 19.0 Å². The maximum atomic E-state index is 12.5. The third-order valence-electron chi connectivity index (χ3n) is 4.51. The number of hydrogen-bond donors (Lipinski definition) is 0. The number of carbonyl (C=O) groups excluding carboxylic acids is 1.